The molecule has 25 heavy (non-hydrogen) atoms. The molecule has 0 bridgehead atoms. The molecule has 0 radical (unpaired) electrons. The Balaban J connectivity index is 1.88. The third-order valence-corrected chi connectivity index (χ3v) is 4.92. The number of hydrogen-bond donors (Lipinski definition) is 0. The molecule has 0 amide bonds. The molecule has 0 N–H and O–H groups in total. The number of rotatable bonds is 3. The van der Waals surface area contributed by atoms with Gasteiger partial charge in [-0.15, -0.1) is 0 Å². The van der Waals surface area contributed by atoms with Gasteiger partial charge < -0.3 is 19.4 Å². The van der Waals surface area contributed by atoms with E-state index in [1.807, 2.05) is 26.8 Å². The molecule has 5 nitrogen and oxygen atoms in total. The van der Waals surface area contributed by atoms with Crippen LogP contribution in [0.25, 0.3) is 0 Å². The van der Waals surface area contributed by atoms with Crippen LogP contribution < -0.4 is 9.80 Å². The van der Waals surface area contributed by atoms with Crippen molar-refractivity contribution in [1.29, 1.82) is 0 Å². The topological polar surface area (TPSA) is 36.0 Å². The van der Waals surface area contributed by atoms with E-state index in [1.165, 1.54) is 18.5 Å². The maximum Gasteiger partial charge on any atom is 0.340 e. The van der Waals surface area contributed by atoms with Crippen LogP contribution in [-0.2, 0) is 4.74 Å². The molecule has 1 aromatic rings. The van der Waals surface area contributed by atoms with Crippen molar-refractivity contribution in [2.24, 2.45) is 0 Å². The lowest BCUT2D eigenvalue weighted by atomic mass is 10.1. The summed E-state index contributed by atoms with van der Waals surface area (Å²) < 4.78 is 5.64. The Labute approximate surface area is 151 Å². The Hall–Kier alpha value is -1.75. The summed E-state index contributed by atoms with van der Waals surface area (Å²) in [7, 11) is 2.17. The minimum absolute atomic E-state index is 0.223. The number of carbonyl (C=O) groups is 1. The summed E-state index contributed by atoms with van der Waals surface area (Å²) >= 11 is 0. The van der Waals surface area contributed by atoms with Gasteiger partial charge in [0, 0.05) is 45.0 Å². The number of hydrogen-bond acceptors (Lipinski definition) is 5. The number of esters is 1. The molecule has 0 saturated carbocycles. The molecular formula is C20H31N3O2. The number of likely N-dealkylation sites (N-methyl/N-ethyl adjacent to an activating group) is 1. The SMILES string of the molecule is CN1CCN(c2ccc(C(=O)OC(C)(C)C)c(N3CCCC3)c2)CC1. The van der Waals surface area contributed by atoms with Crippen LogP contribution in [-0.4, -0.2) is 62.8 Å². The third-order valence-electron chi connectivity index (χ3n) is 4.92. The number of anilines is 2. The van der Waals surface area contributed by atoms with Crippen LogP contribution >= 0.6 is 0 Å². The number of carbonyl (C=O) groups excluding carboxylic acids is 1. The Morgan fingerprint density at radius 1 is 0.960 bits per heavy atom. The highest BCUT2D eigenvalue weighted by atomic mass is 16.6. The zero-order valence-electron chi connectivity index (χ0n) is 16.0. The van der Waals surface area contributed by atoms with Crippen molar-refractivity contribution in [2.75, 3.05) is 56.1 Å². The first-order valence-electron chi connectivity index (χ1n) is 9.39. The molecule has 138 valence electrons. The molecule has 2 saturated heterocycles. The van der Waals surface area contributed by atoms with Gasteiger partial charge in [0.2, 0.25) is 0 Å². The molecule has 0 atom stereocenters. The minimum atomic E-state index is -0.477. The van der Waals surface area contributed by atoms with E-state index in [0.29, 0.717) is 5.56 Å². The van der Waals surface area contributed by atoms with Gasteiger partial charge in [-0.25, -0.2) is 4.79 Å². The average molecular weight is 345 g/mol. The van der Waals surface area contributed by atoms with Gasteiger partial charge in [0.1, 0.15) is 5.60 Å². The molecule has 2 heterocycles. The van der Waals surface area contributed by atoms with E-state index in [2.05, 4.69) is 33.9 Å². The summed E-state index contributed by atoms with van der Waals surface area (Å²) in [4.78, 5) is 19.8. The third kappa shape index (κ3) is 4.46. The quantitative estimate of drug-likeness (QED) is 0.787. The van der Waals surface area contributed by atoms with Crippen molar-refractivity contribution in [1.82, 2.24) is 4.90 Å². The van der Waals surface area contributed by atoms with Crippen LogP contribution in [0.2, 0.25) is 0 Å². The summed E-state index contributed by atoms with van der Waals surface area (Å²) in [5.41, 5.74) is 2.45. The Morgan fingerprint density at radius 3 is 2.20 bits per heavy atom. The van der Waals surface area contributed by atoms with E-state index in [4.69, 9.17) is 4.74 Å². The highest BCUT2D eigenvalue weighted by Crippen LogP contribution is 2.31. The highest BCUT2D eigenvalue weighted by molar-refractivity contribution is 5.97. The van der Waals surface area contributed by atoms with E-state index in [0.717, 1.165) is 45.0 Å². The van der Waals surface area contributed by atoms with Gasteiger partial charge in [-0.3, -0.25) is 0 Å². The molecule has 0 aliphatic carbocycles. The molecule has 0 unspecified atom stereocenters. The summed E-state index contributed by atoms with van der Waals surface area (Å²) in [5, 5.41) is 0. The van der Waals surface area contributed by atoms with Crippen molar-refractivity contribution in [3.63, 3.8) is 0 Å². The molecule has 5 heteroatoms. The molecule has 2 fully saturated rings. The largest absolute Gasteiger partial charge is 0.456 e. The molecule has 0 spiro atoms. The van der Waals surface area contributed by atoms with E-state index < -0.39 is 5.60 Å². The Bertz CT molecular complexity index is 610. The molecule has 1 aromatic carbocycles. The van der Waals surface area contributed by atoms with Crippen LogP contribution in [0.1, 0.15) is 44.0 Å². The van der Waals surface area contributed by atoms with Gasteiger partial charge in [0.05, 0.1) is 11.3 Å². The summed E-state index contributed by atoms with van der Waals surface area (Å²) in [6.45, 7) is 12.0. The van der Waals surface area contributed by atoms with E-state index in [9.17, 15) is 4.79 Å². The monoisotopic (exact) mass is 345 g/mol. The van der Waals surface area contributed by atoms with Crippen LogP contribution in [0.3, 0.4) is 0 Å². The number of ether oxygens (including phenoxy) is 1. The molecule has 2 aliphatic rings. The Kier molecular flexibility index (Phi) is 5.23. The molecule has 0 aromatic heterocycles. The first kappa shape index (κ1) is 18.1. The van der Waals surface area contributed by atoms with E-state index in [-0.39, 0.29) is 5.97 Å². The highest BCUT2D eigenvalue weighted by Gasteiger charge is 2.25. The Morgan fingerprint density at radius 2 is 1.60 bits per heavy atom. The van der Waals surface area contributed by atoms with Crippen LogP contribution in [0.4, 0.5) is 11.4 Å². The van der Waals surface area contributed by atoms with Crippen molar-refractivity contribution >= 4 is 17.3 Å². The minimum Gasteiger partial charge on any atom is -0.456 e. The second-order valence-electron chi connectivity index (χ2n) is 8.19. The maximum absolute atomic E-state index is 12.7. The first-order valence-corrected chi connectivity index (χ1v) is 9.39. The summed E-state index contributed by atoms with van der Waals surface area (Å²) in [6.07, 6.45) is 2.37. The number of piperazine rings is 1. The van der Waals surface area contributed by atoms with Crippen LogP contribution in [0.5, 0.6) is 0 Å². The van der Waals surface area contributed by atoms with Gasteiger partial charge >= 0.3 is 5.97 Å². The summed E-state index contributed by atoms with van der Waals surface area (Å²) in [5.74, 6) is -0.223. The van der Waals surface area contributed by atoms with Crippen molar-refractivity contribution < 1.29 is 9.53 Å². The smallest absolute Gasteiger partial charge is 0.340 e. The van der Waals surface area contributed by atoms with Gasteiger partial charge in [-0.2, -0.15) is 0 Å². The van der Waals surface area contributed by atoms with Gasteiger partial charge in [0.25, 0.3) is 0 Å². The van der Waals surface area contributed by atoms with Gasteiger partial charge in [0.15, 0.2) is 0 Å². The zero-order chi connectivity index (χ0) is 18.0. The molecular weight excluding hydrogens is 314 g/mol. The maximum atomic E-state index is 12.7. The number of benzene rings is 1. The fourth-order valence-electron chi connectivity index (χ4n) is 3.51. The van der Waals surface area contributed by atoms with E-state index >= 15 is 0 Å². The zero-order valence-corrected chi connectivity index (χ0v) is 16.0. The molecule has 3 rings (SSSR count). The van der Waals surface area contributed by atoms with Crippen molar-refractivity contribution in [3.05, 3.63) is 23.8 Å². The van der Waals surface area contributed by atoms with Crippen molar-refractivity contribution in [3.8, 4) is 0 Å². The number of nitrogens with zero attached hydrogens (tertiary/aromatic N) is 3. The lowest BCUT2D eigenvalue weighted by molar-refractivity contribution is 0.00703. The second kappa shape index (κ2) is 7.24. The standard InChI is InChI=1S/C20H31N3O2/c1-20(2,3)25-19(24)17-8-7-16(22-13-11-21(4)12-14-22)15-18(17)23-9-5-6-10-23/h7-8,15H,5-6,9-14H2,1-4H3. The summed E-state index contributed by atoms with van der Waals surface area (Å²) in [6, 6.07) is 6.22. The predicted octanol–water partition coefficient (Wildman–Crippen LogP) is 2.99. The first-order chi connectivity index (χ1) is 11.8. The van der Waals surface area contributed by atoms with Gasteiger partial charge in [-0.05, 0) is 58.9 Å². The predicted molar refractivity (Wildman–Crippen MR) is 103 cm³/mol. The van der Waals surface area contributed by atoms with Crippen LogP contribution in [0.15, 0.2) is 18.2 Å². The van der Waals surface area contributed by atoms with Crippen LogP contribution in [0, 0.1) is 0 Å². The lowest BCUT2D eigenvalue weighted by Crippen LogP contribution is -2.44. The van der Waals surface area contributed by atoms with Gasteiger partial charge in [-0.1, -0.05) is 0 Å². The lowest BCUT2D eigenvalue weighted by Gasteiger charge is -2.35. The fourth-order valence-corrected chi connectivity index (χ4v) is 3.51. The average Bonchev–Trinajstić information content (AvgIpc) is 3.08. The van der Waals surface area contributed by atoms with Crippen molar-refractivity contribution in [2.45, 2.75) is 39.2 Å². The van der Waals surface area contributed by atoms with E-state index in [1.54, 1.807) is 0 Å². The fraction of sp³-hybridized carbons (Fsp3) is 0.650. The second-order valence-corrected chi connectivity index (χ2v) is 8.19. The molecule has 2 aliphatic heterocycles. The normalized spacial score (nSPS) is 19.4.